The summed E-state index contributed by atoms with van der Waals surface area (Å²) in [6.45, 7) is 8.35. The molecule has 0 N–H and O–H groups in total. The van der Waals surface area contributed by atoms with Gasteiger partial charge in [-0.3, -0.25) is 0 Å². The molecule has 0 aliphatic heterocycles. The van der Waals surface area contributed by atoms with Crippen LogP contribution in [0.3, 0.4) is 0 Å². The summed E-state index contributed by atoms with van der Waals surface area (Å²) in [6.07, 6.45) is 0. The van der Waals surface area contributed by atoms with Crippen LogP contribution in [0.1, 0.15) is 65.5 Å². The fraction of sp³-hybridized carbons (Fsp3) is 0.375. The van der Waals surface area contributed by atoms with E-state index in [9.17, 15) is 14.9 Å². The number of hydrogen-bond donors (Lipinski definition) is 0. The van der Waals surface area contributed by atoms with Crippen molar-refractivity contribution in [3.8, 4) is 17.6 Å². The minimum Gasteiger partial charge on any atom is -0.494 e. The highest BCUT2D eigenvalue weighted by molar-refractivity contribution is 5.91. The summed E-state index contributed by atoms with van der Waals surface area (Å²) in [6, 6.07) is 12.0. The first kappa shape index (κ1) is 23.7. The Labute approximate surface area is 182 Å². The first-order valence-corrected chi connectivity index (χ1v) is 10.3. The van der Waals surface area contributed by atoms with Crippen molar-refractivity contribution in [2.24, 2.45) is 0 Å². The zero-order valence-electron chi connectivity index (χ0n) is 18.3. The van der Waals surface area contributed by atoms with Crippen LogP contribution in [0, 0.1) is 11.3 Å². The molecule has 2 aromatic carbocycles. The largest absolute Gasteiger partial charge is 0.494 e. The Morgan fingerprint density at radius 2 is 1.19 bits per heavy atom. The first-order chi connectivity index (χ1) is 15.0. The van der Waals surface area contributed by atoms with Gasteiger partial charge in [0.2, 0.25) is 0 Å². The van der Waals surface area contributed by atoms with E-state index in [4.69, 9.17) is 18.9 Å². The van der Waals surface area contributed by atoms with Crippen LogP contribution in [0.2, 0.25) is 0 Å². The fourth-order valence-electron chi connectivity index (χ4n) is 3.10. The third kappa shape index (κ3) is 5.76. The van der Waals surface area contributed by atoms with Crippen molar-refractivity contribution in [2.45, 2.75) is 33.6 Å². The van der Waals surface area contributed by atoms with Gasteiger partial charge in [-0.2, -0.15) is 5.26 Å². The molecule has 0 aliphatic rings. The number of hydrogen-bond acceptors (Lipinski definition) is 7. The number of carbonyl (C=O) groups is 2. The average Bonchev–Trinajstić information content (AvgIpc) is 2.76. The zero-order chi connectivity index (χ0) is 22.8. The standard InChI is InChI=1S/C24H27NO6/c1-5-28-21-13-16(23(26)30-7-3)9-11-18(21)20(15-25)19-12-10-17(24(27)31-8-4)14-22(19)29-6-2/h9-14,20H,5-8H2,1-4H3. The average molecular weight is 425 g/mol. The Kier molecular flexibility index (Phi) is 8.89. The molecule has 7 heteroatoms. The molecule has 0 heterocycles. The van der Waals surface area contributed by atoms with E-state index >= 15 is 0 Å². The Bertz CT molecular complexity index is 892. The summed E-state index contributed by atoms with van der Waals surface area (Å²) >= 11 is 0. The predicted molar refractivity (Wildman–Crippen MR) is 115 cm³/mol. The van der Waals surface area contributed by atoms with Crippen LogP contribution >= 0.6 is 0 Å². The second-order valence-corrected chi connectivity index (χ2v) is 6.37. The maximum absolute atomic E-state index is 12.1. The molecule has 2 rings (SSSR count). The van der Waals surface area contributed by atoms with E-state index in [0.717, 1.165) is 0 Å². The predicted octanol–water partition coefficient (Wildman–Crippen LogP) is 4.49. The number of benzene rings is 2. The summed E-state index contributed by atoms with van der Waals surface area (Å²) < 4.78 is 21.6. The Morgan fingerprint density at radius 3 is 1.52 bits per heavy atom. The Balaban J connectivity index is 2.54. The highest BCUT2D eigenvalue weighted by Crippen LogP contribution is 2.37. The second-order valence-electron chi connectivity index (χ2n) is 6.37. The monoisotopic (exact) mass is 425 g/mol. The minimum absolute atomic E-state index is 0.260. The normalized spacial score (nSPS) is 10.3. The molecule has 0 saturated heterocycles. The van der Waals surface area contributed by atoms with Gasteiger partial charge in [0.15, 0.2) is 0 Å². The third-order valence-electron chi connectivity index (χ3n) is 4.40. The molecule has 0 unspecified atom stereocenters. The lowest BCUT2D eigenvalue weighted by atomic mass is 9.89. The van der Waals surface area contributed by atoms with Gasteiger partial charge in [0.1, 0.15) is 17.4 Å². The molecule has 0 amide bonds. The number of nitrogens with zero attached hydrogens (tertiary/aromatic N) is 1. The quantitative estimate of drug-likeness (QED) is 0.518. The summed E-state index contributed by atoms with van der Waals surface area (Å²) in [7, 11) is 0. The van der Waals surface area contributed by atoms with Crippen molar-refractivity contribution in [1.29, 1.82) is 5.26 Å². The molecule has 164 valence electrons. The molecule has 0 aliphatic carbocycles. The number of rotatable bonds is 10. The second kappa shape index (κ2) is 11.6. The molecule has 0 aromatic heterocycles. The summed E-state index contributed by atoms with van der Waals surface area (Å²) in [5.41, 5.74) is 1.85. The molecule has 0 fully saturated rings. The topological polar surface area (TPSA) is 94.9 Å². The highest BCUT2D eigenvalue weighted by Gasteiger charge is 2.24. The molecule has 0 saturated carbocycles. The third-order valence-corrected chi connectivity index (χ3v) is 4.40. The van der Waals surface area contributed by atoms with E-state index in [1.54, 1.807) is 50.2 Å². The lowest BCUT2D eigenvalue weighted by molar-refractivity contribution is 0.0516. The van der Waals surface area contributed by atoms with Gasteiger partial charge in [0.25, 0.3) is 0 Å². The molecular formula is C24H27NO6. The number of esters is 2. The zero-order valence-corrected chi connectivity index (χ0v) is 18.3. The van der Waals surface area contributed by atoms with Crippen LogP contribution in [0.15, 0.2) is 36.4 Å². The van der Waals surface area contributed by atoms with Crippen molar-refractivity contribution in [1.82, 2.24) is 0 Å². The van der Waals surface area contributed by atoms with E-state index in [0.29, 0.717) is 47.0 Å². The van der Waals surface area contributed by atoms with Gasteiger partial charge in [0, 0.05) is 11.1 Å². The van der Waals surface area contributed by atoms with E-state index in [1.807, 2.05) is 13.8 Å². The summed E-state index contributed by atoms with van der Waals surface area (Å²) in [4.78, 5) is 24.2. The summed E-state index contributed by atoms with van der Waals surface area (Å²) in [5, 5.41) is 10.00. The van der Waals surface area contributed by atoms with Crippen molar-refractivity contribution in [2.75, 3.05) is 26.4 Å². The maximum Gasteiger partial charge on any atom is 0.338 e. The highest BCUT2D eigenvalue weighted by atomic mass is 16.5. The van der Waals surface area contributed by atoms with E-state index in [1.165, 1.54) is 0 Å². The summed E-state index contributed by atoms with van der Waals surface area (Å²) in [5.74, 6) is -0.835. The lowest BCUT2D eigenvalue weighted by Gasteiger charge is -2.19. The molecule has 0 bridgehead atoms. The van der Waals surface area contributed by atoms with Gasteiger partial charge in [-0.1, -0.05) is 12.1 Å². The molecule has 0 atom stereocenters. The lowest BCUT2D eigenvalue weighted by Crippen LogP contribution is -2.10. The molecule has 2 aromatic rings. The molecular weight excluding hydrogens is 398 g/mol. The minimum atomic E-state index is -0.740. The van der Waals surface area contributed by atoms with Crippen LogP contribution in [0.25, 0.3) is 0 Å². The van der Waals surface area contributed by atoms with E-state index in [2.05, 4.69) is 6.07 Å². The van der Waals surface area contributed by atoms with Crippen LogP contribution in [0.5, 0.6) is 11.5 Å². The van der Waals surface area contributed by atoms with Crippen LogP contribution < -0.4 is 9.47 Å². The van der Waals surface area contributed by atoms with Gasteiger partial charge >= 0.3 is 11.9 Å². The number of carbonyl (C=O) groups excluding carboxylic acids is 2. The van der Waals surface area contributed by atoms with Crippen LogP contribution in [-0.2, 0) is 9.47 Å². The SMILES string of the molecule is CCOC(=O)c1ccc(C(C#N)c2ccc(C(=O)OCC)cc2OCC)c(OCC)c1. The van der Waals surface area contributed by atoms with Crippen molar-refractivity contribution in [3.05, 3.63) is 58.7 Å². The smallest absolute Gasteiger partial charge is 0.338 e. The fourth-order valence-corrected chi connectivity index (χ4v) is 3.10. The van der Waals surface area contributed by atoms with Crippen LogP contribution in [-0.4, -0.2) is 38.4 Å². The van der Waals surface area contributed by atoms with Crippen LogP contribution in [0.4, 0.5) is 0 Å². The number of nitriles is 1. The van der Waals surface area contributed by atoms with E-state index < -0.39 is 17.9 Å². The van der Waals surface area contributed by atoms with Crippen molar-refractivity contribution >= 4 is 11.9 Å². The Hall–Kier alpha value is -3.53. The Morgan fingerprint density at radius 1 is 0.774 bits per heavy atom. The molecule has 0 spiro atoms. The molecule has 31 heavy (non-hydrogen) atoms. The first-order valence-electron chi connectivity index (χ1n) is 10.3. The maximum atomic E-state index is 12.1. The number of ether oxygens (including phenoxy) is 4. The van der Waals surface area contributed by atoms with Gasteiger partial charge in [-0.25, -0.2) is 9.59 Å². The molecule has 7 nitrogen and oxygen atoms in total. The van der Waals surface area contributed by atoms with Crippen molar-refractivity contribution in [3.63, 3.8) is 0 Å². The van der Waals surface area contributed by atoms with Gasteiger partial charge in [-0.15, -0.1) is 0 Å². The van der Waals surface area contributed by atoms with Gasteiger partial charge in [-0.05, 0) is 52.0 Å². The molecule has 0 radical (unpaired) electrons. The van der Waals surface area contributed by atoms with Crippen molar-refractivity contribution < 1.29 is 28.5 Å². The van der Waals surface area contributed by atoms with Gasteiger partial charge in [0.05, 0.1) is 43.6 Å². The van der Waals surface area contributed by atoms with Gasteiger partial charge < -0.3 is 18.9 Å². The van der Waals surface area contributed by atoms with E-state index in [-0.39, 0.29) is 13.2 Å².